The Morgan fingerprint density at radius 1 is 1.29 bits per heavy atom. The van der Waals surface area contributed by atoms with Crippen LogP contribution in [0.1, 0.15) is 38.0 Å². The molecule has 0 bridgehead atoms. The van der Waals surface area contributed by atoms with Gasteiger partial charge in [0.15, 0.2) is 0 Å². The van der Waals surface area contributed by atoms with Crippen molar-refractivity contribution in [2.24, 2.45) is 5.92 Å². The highest BCUT2D eigenvalue weighted by atomic mass is 32.2. The van der Waals surface area contributed by atoms with Crippen molar-refractivity contribution in [1.29, 1.82) is 0 Å². The van der Waals surface area contributed by atoms with Crippen LogP contribution in [0.4, 0.5) is 0 Å². The van der Waals surface area contributed by atoms with E-state index >= 15 is 0 Å². The predicted octanol–water partition coefficient (Wildman–Crippen LogP) is 2.71. The summed E-state index contributed by atoms with van der Waals surface area (Å²) in [5.74, 6) is 0.690. The number of hydrogen-bond donors (Lipinski definition) is 1. The molecule has 4 nitrogen and oxygen atoms in total. The Morgan fingerprint density at radius 2 is 2.00 bits per heavy atom. The fraction of sp³-hybridized carbons (Fsp3) is 0.733. The lowest BCUT2D eigenvalue weighted by Gasteiger charge is -2.30. The number of likely N-dealkylation sites (N-methyl/N-ethyl adjacent to an activating group) is 1. The van der Waals surface area contributed by atoms with Crippen LogP contribution in [0.25, 0.3) is 0 Å². The van der Waals surface area contributed by atoms with Gasteiger partial charge < -0.3 is 5.32 Å². The van der Waals surface area contributed by atoms with Crippen LogP contribution >= 0.6 is 11.3 Å². The number of nitrogens with one attached hydrogen (secondary N) is 1. The number of hydrogen-bond acceptors (Lipinski definition) is 4. The summed E-state index contributed by atoms with van der Waals surface area (Å²) in [6.45, 7) is 7.45. The summed E-state index contributed by atoms with van der Waals surface area (Å²) in [6.07, 6.45) is 4.04. The third-order valence-corrected chi connectivity index (χ3v) is 7.69. The average Bonchev–Trinajstić information content (AvgIpc) is 2.97. The van der Waals surface area contributed by atoms with E-state index < -0.39 is 10.0 Å². The topological polar surface area (TPSA) is 49.4 Å². The van der Waals surface area contributed by atoms with E-state index in [0.717, 1.165) is 43.6 Å². The SMILES string of the molecule is CCNCCc1ccc(S(=O)(=O)N2CCC(CC)CC2)s1. The second-order valence-corrected chi connectivity index (χ2v) is 8.91. The van der Waals surface area contributed by atoms with Gasteiger partial charge in [-0.15, -0.1) is 11.3 Å². The Bertz CT molecular complexity index is 532. The number of piperidine rings is 1. The molecule has 1 saturated heterocycles. The third kappa shape index (κ3) is 4.28. The summed E-state index contributed by atoms with van der Waals surface area (Å²) in [6, 6.07) is 3.72. The number of nitrogens with zero attached hydrogens (tertiary/aromatic N) is 1. The van der Waals surface area contributed by atoms with Crippen LogP contribution in [0, 0.1) is 5.92 Å². The molecule has 0 aliphatic carbocycles. The van der Waals surface area contributed by atoms with E-state index in [-0.39, 0.29) is 0 Å². The average molecular weight is 331 g/mol. The van der Waals surface area contributed by atoms with Crippen molar-refractivity contribution in [3.05, 3.63) is 17.0 Å². The predicted molar refractivity (Wildman–Crippen MR) is 88.3 cm³/mol. The third-order valence-electron chi connectivity index (χ3n) is 4.18. The zero-order chi connectivity index (χ0) is 15.3. The maximum absolute atomic E-state index is 12.6. The van der Waals surface area contributed by atoms with Crippen LogP contribution in [0.3, 0.4) is 0 Å². The van der Waals surface area contributed by atoms with Crippen LogP contribution in [0.5, 0.6) is 0 Å². The lowest BCUT2D eigenvalue weighted by molar-refractivity contribution is 0.269. The molecular formula is C15H26N2O2S2. The van der Waals surface area contributed by atoms with Crippen LogP contribution < -0.4 is 5.32 Å². The molecule has 1 aliphatic rings. The Hall–Kier alpha value is -0.430. The fourth-order valence-corrected chi connectivity index (χ4v) is 5.68. The zero-order valence-electron chi connectivity index (χ0n) is 13.0. The number of rotatable bonds is 7. The van der Waals surface area contributed by atoms with E-state index in [1.165, 1.54) is 11.3 Å². The monoisotopic (exact) mass is 330 g/mol. The second-order valence-electron chi connectivity index (χ2n) is 5.58. The van der Waals surface area contributed by atoms with Crippen LogP contribution in [0.2, 0.25) is 0 Å². The van der Waals surface area contributed by atoms with Gasteiger partial charge in [0.05, 0.1) is 0 Å². The van der Waals surface area contributed by atoms with Crippen molar-refractivity contribution < 1.29 is 8.42 Å². The first kappa shape index (κ1) is 16.9. The van der Waals surface area contributed by atoms with Crippen molar-refractivity contribution in [1.82, 2.24) is 9.62 Å². The molecule has 21 heavy (non-hydrogen) atoms. The standard InChI is InChI=1S/C15H26N2O2S2/c1-3-13-8-11-17(12-9-13)21(18,19)15-6-5-14(20-15)7-10-16-4-2/h5-6,13,16H,3-4,7-12H2,1-2H3. The first-order valence-electron chi connectivity index (χ1n) is 7.87. The molecule has 1 aromatic rings. The molecular weight excluding hydrogens is 304 g/mol. The van der Waals surface area contributed by atoms with Crippen LogP contribution in [0.15, 0.2) is 16.3 Å². The van der Waals surface area contributed by atoms with Crippen molar-refractivity contribution in [3.63, 3.8) is 0 Å². The van der Waals surface area contributed by atoms with Crippen molar-refractivity contribution in [2.45, 2.75) is 43.7 Å². The maximum atomic E-state index is 12.6. The number of sulfonamides is 1. The molecule has 0 unspecified atom stereocenters. The van der Waals surface area contributed by atoms with E-state index in [9.17, 15) is 8.42 Å². The molecule has 1 aromatic heterocycles. The second kappa shape index (κ2) is 7.72. The summed E-state index contributed by atoms with van der Waals surface area (Å²) in [4.78, 5) is 1.14. The molecule has 1 N–H and O–H groups in total. The highest BCUT2D eigenvalue weighted by Gasteiger charge is 2.29. The van der Waals surface area contributed by atoms with Crippen LogP contribution in [-0.2, 0) is 16.4 Å². The van der Waals surface area contributed by atoms with Gasteiger partial charge in [-0.2, -0.15) is 4.31 Å². The summed E-state index contributed by atoms with van der Waals surface area (Å²) < 4.78 is 27.5. The maximum Gasteiger partial charge on any atom is 0.252 e. The van der Waals surface area contributed by atoms with Gasteiger partial charge in [-0.05, 0) is 50.4 Å². The molecule has 0 radical (unpaired) electrons. The molecule has 2 heterocycles. The van der Waals surface area contributed by atoms with Crippen LogP contribution in [-0.4, -0.2) is 38.9 Å². The molecule has 1 aliphatic heterocycles. The van der Waals surface area contributed by atoms with Gasteiger partial charge in [0.2, 0.25) is 0 Å². The lowest BCUT2D eigenvalue weighted by atomic mass is 9.96. The minimum atomic E-state index is -3.27. The molecule has 6 heteroatoms. The highest BCUT2D eigenvalue weighted by molar-refractivity contribution is 7.91. The summed E-state index contributed by atoms with van der Waals surface area (Å²) in [7, 11) is -3.27. The molecule has 0 amide bonds. The highest BCUT2D eigenvalue weighted by Crippen LogP contribution is 2.29. The first-order valence-corrected chi connectivity index (χ1v) is 10.1. The fourth-order valence-electron chi connectivity index (χ4n) is 2.70. The van der Waals surface area contributed by atoms with Gasteiger partial charge >= 0.3 is 0 Å². The molecule has 0 saturated carbocycles. The Balaban J connectivity index is 1.99. The molecule has 120 valence electrons. The Morgan fingerprint density at radius 3 is 2.62 bits per heavy atom. The van der Waals surface area contributed by atoms with Gasteiger partial charge in [-0.3, -0.25) is 0 Å². The van der Waals surface area contributed by atoms with Gasteiger partial charge in [-0.1, -0.05) is 20.3 Å². The lowest BCUT2D eigenvalue weighted by Crippen LogP contribution is -2.37. The van der Waals surface area contributed by atoms with Gasteiger partial charge in [-0.25, -0.2) is 8.42 Å². The van der Waals surface area contributed by atoms with Gasteiger partial charge in [0.25, 0.3) is 10.0 Å². The minimum Gasteiger partial charge on any atom is -0.317 e. The van der Waals surface area contributed by atoms with E-state index in [2.05, 4.69) is 19.2 Å². The van der Waals surface area contributed by atoms with E-state index in [0.29, 0.717) is 23.2 Å². The Labute approximate surface area is 132 Å². The summed E-state index contributed by atoms with van der Waals surface area (Å²) >= 11 is 1.42. The quantitative estimate of drug-likeness (QED) is 0.782. The first-order chi connectivity index (χ1) is 10.1. The Kier molecular flexibility index (Phi) is 6.22. The van der Waals surface area contributed by atoms with E-state index in [4.69, 9.17) is 0 Å². The van der Waals surface area contributed by atoms with Crippen molar-refractivity contribution in [2.75, 3.05) is 26.2 Å². The summed E-state index contributed by atoms with van der Waals surface area (Å²) in [5.41, 5.74) is 0. The van der Waals surface area contributed by atoms with Crippen molar-refractivity contribution >= 4 is 21.4 Å². The molecule has 2 rings (SSSR count). The smallest absolute Gasteiger partial charge is 0.252 e. The van der Waals surface area contributed by atoms with Gasteiger partial charge in [0, 0.05) is 18.0 Å². The van der Waals surface area contributed by atoms with Crippen molar-refractivity contribution in [3.8, 4) is 0 Å². The normalized spacial score (nSPS) is 18.2. The molecule has 0 atom stereocenters. The van der Waals surface area contributed by atoms with E-state index in [1.807, 2.05) is 6.07 Å². The molecule has 0 spiro atoms. The molecule has 0 aromatic carbocycles. The molecule has 1 fully saturated rings. The zero-order valence-corrected chi connectivity index (χ0v) is 14.6. The summed E-state index contributed by atoms with van der Waals surface area (Å²) in [5, 5.41) is 3.27. The minimum absolute atomic E-state index is 0.504. The van der Waals surface area contributed by atoms with Gasteiger partial charge in [0.1, 0.15) is 4.21 Å². The largest absolute Gasteiger partial charge is 0.317 e. The number of thiophene rings is 1. The van der Waals surface area contributed by atoms with E-state index in [1.54, 1.807) is 10.4 Å².